The molecule has 0 bridgehead atoms. The third kappa shape index (κ3) is 5.03. The average Bonchev–Trinajstić information content (AvgIpc) is 2.56. The first kappa shape index (κ1) is 17.9. The molecule has 0 fully saturated rings. The first-order chi connectivity index (χ1) is 11.9. The van der Waals surface area contributed by atoms with E-state index >= 15 is 0 Å². The van der Waals surface area contributed by atoms with Crippen LogP contribution >= 0.6 is 0 Å². The summed E-state index contributed by atoms with van der Waals surface area (Å²) in [7, 11) is 0. The number of hydrogen-bond acceptors (Lipinski definition) is 6. The zero-order valence-electron chi connectivity index (χ0n) is 13.6. The highest BCUT2D eigenvalue weighted by molar-refractivity contribution is 5.95. The minimum atomic E-state index is -0.615. The summed E-state index contributed by atoms with van der Waals surface area (Å²) in [5.41, 5.74) is 2.40. The van der Waals surface area contributed by atoms with Gasteiger partial charge in [0.05, 0.1) is 17.2 Å². The molecular weight excluding hydrogens is 326 g/mol. The first-order valence-electron chi connectivity index (χ1n) is 7.42. The van der Waals surface area contributed by atoms with Crippen molar-refractivity contribution in [2.75, 3.05) is 0 Å². The topological polar surface area (TPSA) is 117 Å². The monoisotopic (exact) mass is 342 g/mol. The Labute approximate surface area is 143 Å². The van der Waals surface area contributed by atoms with Crippen LogP contribution < -0.4 is 15.3 Å². The molecule has 0 spiro atoms. The van der Waals surface area contributed by atoms with Gasteiger partial charge in [-0.3, -0.25) is 14.9 Å². The summed E-state index contributed by atoms with van der Waals surface area (Å²) >= 11 is 0. The predicted molar refractivity (Wildman–Crippen MR) is 89.8 cm³/mol. The number of nitrogens with zero attached hydrogens (tertiary/aromatic N) is 2. The highest BCUT2D eigenvalue weighted by Crippen LogP contribution is 2.19. The van der Waals surface area contributed by atoms with Crippen LogP contribution in [0, 0.1) is 10.1 Å². The van der Waals surface area contributed by atoms with E-state index in [1.54, 1.807) is 24.3 Å². The lowest BCUT2D eigenvalue weighted by Crippen LogP contribution is -2.17. The van der Waals surface area contributed by atoms with Gasteiger partial charge in [-0.15, -0.1) is 0 Å². The summed E-state index contributed by atoms with van der Waals surface area (Å²) in [5, 5.41) is 26.0. The fourth-order valence-corrected chi connectivity index (χ4v) is 1.93. The number of rotatable bonds is 6. The number of nitro groups is 1. The standard InChI is InChI=1S/C17H17N3O5/c1-11(2)25-15-6-3-12(4-7-15)17(22)19-18-10-13-9-14(20(23)24)5-8-16(13)21/h3-11,21H,1-2H3,(H,19,22)/p-1/b18-10-. The lowest BCUT2D eigenvalue weighted by molar-refractivity contribution is -0.385. The molecule has 25 heavy (non-hydrogen) atoms. The van der Waals surface area contributed by atoms with Crippen LogP contribution in [-0.4, -0.2) is 23.1 Å². The maximum absolute atomic E-state index is 12.0. The highest BCUT2D eigenvalue weighted by Gasteiger charge is 2.07. The molecule has 0 saturated heterocycles. The summed E-state index contributed by atoms with van der Waals surface area (Å²) in [6.45, 7) is 3.79. The zero-order chi connectivity index (χ0) is 18.4. The van der Waals surface area contributed by atoms with Crippen molar-refractivity contribution in [3.8, 4) is 11.5 Å². The van der Waals surface area contributed by atoms with Gasteiger partial charge in [0.1, 0.15) is 5.75 Å². The van der Waals surface area contributed by atoms with Gasteiger partial charge in [0.2, 0.25) is 0 Å². The number of non-ortho nitro benzene ring substituents is 1. The van der Waals surface area contributed by atoms with Gasteiger partial charge in [-0.2, -0.15) is 5.10 Å². The number of nitrogens with one attached hydrogen (secondary N) is 1. The molecule has 130 valence electrons. The van der Waals surface area contributed by atoms with E-state index in [9.17, 15) is 20.0 Å². The maximum Gasteiger partial charge on any atom is 0.271 e. The summed E-state index contributed by atoms with van der Waals surface area (Å²) in [4.78, 5) is 22.1. The fraction of sp³-hybridized carbons (Fsp3) is 0.176. The average molecular weight is 342 g/mol. The van der Waals surface area contributed by atoms with E-state index in [1.807, 2.05) is 13.8 Å². The quantitative estimate of drug-likeness (QED) is 0.491. The van der Waals surface area contributed by atoms with Crippen molar-refractivity contribution in [3.63, 3.8) is 0 Å². The van der Waals surface area contributed by atoms with Crippen LogP contribution in [0.3, 0.4) is 0 Å². The summed E-state index contributed by atoms with van der Waals surface area (Å²) < 4.78 is 5.48. The van der Waals surface area contributed by atoms with Crippen LogP contribution in [0.5, 0.6) is 11.5 Å². The smallest absolute Gasteiger partial charge is 0.271 e. The molecule has 0 aromatic heterocycles. The van der Waals surface area contributed by atoms with Crippen molar-refractivity contribution in [1.29, 1.82) is 0 Å². The van der Waals surface area contributed by atoms with E-state index in [0.717, 1.165) is 24.4 Å². The van der Waals surface area contributed by atoms with Gasteiger partial charge < -0.3 is 9.84 Å². The van der Waals surface area contributed by atoms with Gasteiger partial charge in [0.25, 0.3) is 11.6 Å². The number of nitro benzene ring substituents is 1. The second-order valence-electron chi connectivity index (χ2n) is 5.37. The van der Waals surface area contributed by atoms with Crippen molar-refractivity contribution in [2.24, 2.45) is 5.10 Å². The largest absolute Gasteiger partial charge is 0.872 e. The Morgan fingerprint density at radius 2 is 1.92 bits per heavy atom. The fourth-order valence-electron chi connectivity index (χ4n) is 1.93. The Bertz CT molecular complexity index is 800. The lowest BCUT2D eigenvalue weighted by Gasteiger charge is -2.10. The summed E-state index contributed by atoms with van der Waals surface area (Å²) in [5.74, 6) is -0.272. The summed E-state index contributed by atoms with van der Waals surface area (Å²) in [6, 6.07) is 9.76. The Kier molecular flexibility index (Phi) is 5.67. The lowest BCUT2D eigenvalue weighted by atomic mass is 10.2. The summed E-state index contributed by atoms with van der Waals surface area (Å²) in [6.07, 6.45) is 1.10. The molecule has 2 aromatic carbocycles. The molecule has 8 nitrogen and oxygen atoms in total. The third-order valence-corrected chi connectivity index (χ3v) is 3.06. The zero-order valence-corrected chi connectivity index (χ0v) is 13.6. The third-order valence-electron chi connectivity index (χ3n) is 3.06. The number of ether oxygens (including phenoxy) is 1. The molecule has 1 N–H and O–H groups in total. The molecule has 0 atom stereocenters. The van der Waals surface area contributed by atoms with Crippen LogP contribution in [0.25, 0.3) is 0 Å². The molecule has 0 heterocycles. The van der Waals surface area contributed by atoms with E-state index in [-0.39, 0.29) is 17.4 Å². The molecule has 1 amide bonds. The van der Waals surface area contributed by atoms with Crippen molar-refractivity contribution >= 4 is 17.8 Å². The molecule has 8 heteroatoms. The number of hydrogen-bond donors (Lipinski definition) is 1. The highest BCUT2D eigenvalue weighted by atomic mass is 16.6. The number of benzene rings is 2. The number of hydrazone groups is 1. The van der Waals surface area contributed by atoms with Crippen LogP contribution in [0.2, 0.25) is 0 Å². The van der Waals surface area contributed by atoms with Gasteiger partial charge in [-0.05, 0) is 43.7 Å². The van der Waals surface area contributed by atoms with Gasteiger partial charge >= 0.3 is 0 Å². The van der Waals surface area contributed by atoms with Crippen molar-refractivity contribution < 1.29 is 19.6 Å². The van der Waals surface area contributed by atoms with E-state index in [1.165, 1.54) is 0 Å². The normalized spacial score (nSPS) is 10.8. The van der Waals surface area contributed by atoms with Crippen LogP contribution in [0.1, 0.15) is 29.8 Å². The van der Waals surface area contributed by atoms with Crippen molar-refractivity contribution in [3.05, 3.63) is 63.7 Å². The van der Waals surface area contributed by atoms with Gasteiger partial charge in [-0.1, -0.05) is 11.8 Å². The molecular formula is C17H16N3O5-. The van der Waals surface area contributed by atoms with E-state index in [0.29, 0.717) is 11.3 Å². The number of amides is 1. The van der Waals surface area contributed by atoms with Gasteiger partial charge in [0, 0.05) is 17.7 Å². The van der Waals surface area contributed by atoms with E-state index in [2.05, 4.69) is 10.5 Å². The van der Waals surface area contributed by atoms with E-state index < -0.39 is 16.6 Å². The Hall–Kier alpha value is -3.42. The predicted octanol–water partition coefficient (Wildman–Crippen LogP) is 2.22. The Morgan fingerprint density at radius 3 is 2.52 bits per heavy atom. The molecule has 0 saturated carbocycles. The van der Waals surface area contributed by atoms with Crippen LogP contribution in [0.15, 0.2) is 47.6 Å². The molecule has 0 aliphatic carbocycles. The maximum atomic E-state index is 12.0. The number of carbonyl (C=O) groups excluding carboxylic acids is 1. The van der Waals surface area contributed by atoms with Gasteiger partial charge in [-0.25, -0.2) is 5.43 Å². The minimum Gasteiger partial charge on any atom is -0.872 e. The van der Waals surface area contributed by atoms with Crippen LogP contribution in [-0.2, 0) is 0 Å². The van der Waals surface area contributed by atoms with Crippen molar-refractivity contribution in [1.82, 2.24) is 5.43 Å². The molecule has 0 aliphatic rings. The minimum absolute atomic E-state index is 0.00943. The van der Waals surface area contributed by atoms with Crippen molar-refractivity contribution in [2.45, 2.75) is 20.0 Å². The molecule has 0 aliphatic heterocycles. The second kappa shape index (κ2) is 7.91. The van der Waals surface area contributed by atoms with E-state index in [4.69, 9.17) is 4.74 Å². The second-order valence-corrected chi connectivity index (χ2v) is 5.37. The first-order valence-corrected chi connectivity index (χ1v) is 7.42. The van der Waals surface area contributed by atoms with Crippen LogP contribution in [0.4, 0.5) is 5.69 Å². The number of carbonyl (C=O) groups is 1. The molecule has 0 radical (unpaired) electrons. The Balaban J connectivity index is 2.03. The molecule has 2 rings (SSSR count). The SMILES string of the molecule is CC(C)Oc1ccc(C(=O)N/N=C\c2cc([N+](=O)[O-])ccc2[O-])cc1. The Morgan fingerprint density at radius 1 is 1.24 bits per heavy atom. The molecule has 2 aromatic rings. The van der Waals surface area contributed by atoms with Gasteiger partial charge in [0.15, 0.2) is 0 Å². The molecule has 0 unspecified atom stereocenters.